The average molecular weight is 489 g/mol. The number of halogens is 6. The fourth-order valence-corrected chi connectivity index (χ4v) is 2.61. The maximum atomic E-state index is 8.88. The number of phenolic OH excluding ortho intramolecular Hbond substituents is 3. The number of hydrogen-bond donors (Lipinski definition) is 3. The van der Waals surface area contributed by atoms with E-state index in [-0.39, 0.29) is 22.3 Å². The maximum Gasteiger partial charge on any atom is 0.135 e. The van der Waals surface area contributed by atoms with Gasteiger partial charge in [-0.3, -0.25) is 0 Å². The molecule has 3 N–H and O–H groups in total. The Morgan fingerprint density at radius 1 is 0.519 bits per heavy atom. The highest BCUT2D eigenvalue weighted by molar-refractivity contribution is 6.42. The van der Waals surface area contributed by atoms with Crippen LogP contribution in [0, 0.1) is 0 Å². The highest BCUT2D eigenvalue weighted by Crippen LogP contribution is 2.29. The van der Waals surface area contributed by atoms with E-state index in [4.69, 9.17) is 84.9 Å². The second kappa shape index (κ2) is 11.6. The molecule has 0 amide bonds. The molecule has 0 saturated carbocycles. The van der Waals surface area contributed by atoms with E-state index in [1.54, 1.807) is 30.3 Å². The molecule has 0 aliphatic rings. The smallest absolute Gasteiger partial charge is 0.135 e. The van der Waals surface area contributed by atoms with Crippen molar-refractivity contribution in [3.05, 3.63) is 84.7 Å². The Labute approximate surface area is 186 Å². The van der Waals surface area contributed by atoms with Gasteiger partial charge >= 0.3 is 0 Å². The van der Waals surface area contributed by atoms with Gasteiger partial charge in [0, 0.05) is 21.1 Å². The standard InChI is InChI=1S/3C6H4Cl2O/c7-4-1-5(8)3-6(9)2-4;7-4-1-2-5(8)6(9)3-4;7-4-2-1-3-5(9)6(4)8/h3*1-3,9H. The van der Waals surface area contributed by atoms with Gasteiger partial charge < -0.3 is 15.3 Å². The van der Waals surface area contributed by atoms with Gasteiger partial charge in [-0.2, -0.15) is 0 Å². The minimum atomic E-state index is 0.0177. The molecule has 3 aromatic rings. The molecule has 0 radical (unpaired) electrons. The molecule has 0 spiro atoms. The first-order valence-electron chi connectivity index (χ1n) is 7.02. The molecule has 3 aromatic carbocycles. The van der Waals surface area contributed by atoms with Gasteiger partial charge in [-0.15, -0.1) is 0 Å². The second-order valence-corrected chi connectivity index (χ2v) is 7.30. The Balaban J connectivity index is 0.000000202. The van der Waals surface area contributed by atoms with Crippen molar-refractivity contribution in [1.82, 2.24) is 0 Å². The molecule has 0 aromatic heterocycles. The lowest BCUT2D eigenvalue weighted by Gasteiger charge is -1.95. The van der Waals surface area contributed by atoms with Crippen LogP contribution in [-0.4, -0.2) is 15.3 Å². The Morgan fingerprint density at radius 2 is 1.11 bits per heavy atom. The van der Waals surface area contributed by atoms with Crippen molar-refractivity contribution in [3.8, 4) is 17.2 Å². The second-order valence-electron chi connectivity index (χ2n) is 4.80. The van der Waals surface area contributed by atoms with Crippen molar-refractivity contribution in [2.24, 2.45) is 0 Å². The summed E-state index contributed by atoms with van der Waals surface area (Å²) in [5.74, 6) is 0.126. The van der Waals surface area contributed by atoms with Crippen LogP contribution in [0.4, 0.5) is 0 Å². The van der Waals surface area contributed by atoms with Crippen molar-refractivity contribution in [2.45, 2.75) is 0 Å². The van der Waals surface area contributed by atoms with Gasteiger partial charge in [-0.1, -0.05) is 75.7 Å². The molecule has 0 fully saturated rings. The zero-order chi connectivity index (χ0) is 20.6. The molecule has 0 bridgehead atoms. The minimum absolute atomic E-state index is 0.0177. The normalized spacial score (nSPS) is 9.56. The van der Waals surface area contributed by atoms with E-state index in [0.717, 1.165) is 0 Å². The van der Waals surface area contributed by atoms with E-state index in [1.807, 2.05) is 0 Å². The summed E-state index contributed by atoms with van der Waals surface area (Å²) in [5, 5.41) is 28.9. The van der Waals surface area contributed by atoms with Crippen LogP contribution in [0.15, 0.2) is 54.6 Å². The van der Waals surface area contributed by atoms with E-state index in [2.05, 4.69) is 0 Å². The molecule has 27 heavy (non-hydrogen) atoms. The monoisotopic (exact) mass is 486 g/mol. The molecule has 3 nitrogen and oxygen atoms in total. The molecule has 3 rings (SSSR count). The van der Waals surface area contributed by atoms with Gasteiger partial charge in [0.2, 0.25) is 0 Å². The average Bonchev–Trinajstić information content (AvgIpc) is 2.56. The summed E-state index contributed by atoms with van der Waals surface area (Å²) < 4.78 is 0. The first-order valence-corrected chi connectivity index (χ1v) is 9.29. The van der Waals surface area contributed by atoms with Crippen molar-refractivity contribution in [1.29, 1.82) is 0 Å². The third-order valence-corrected chi connectivity index (χ3v) is 4.49. The third-order valence-electron chi connectivity index (χ3n) is 2.69. The van der Waals surface area contributed by atoms with E-state index in [1.165, 1.54) is 24.3 Å². The van der Waals surface area contributed by atoms with Crippen LogP contribution in [0.5, 0.6) is 17.2 Å². The van der Waals surface area contributed by atoms with Crippen LogP contribution in [-0.2, 0) is 0 Å². The highest BCUT2D eigenvalue weighted by Gasteiger charge is 1.99. The highest BCUT2D eigenvalue weighted by atomic mass is 35.5. The van der Waals surface area contributed by atoms with Gasteiger partial charge in [0.05, 0.1) is 10.0 Å². The van der Waals surface area contributed by atoms with Crippen molar-refractivity contribution < 1.29 is 15.3 Å². The topological polar surface area (TPSA) is 60.7 Å². The largest absolute Gasteiger partial charge is 0.508 e. The predicted octanol–water partition coefficient (Wildman–Crippen LogP) is 8.10. The quantitative estimate of drug-likeness (QED) is 0.299. The first-order chi connectivity index (χ1) is 12.6. The van der Waals surface area contributed by atoms with Crippen LogP contribution in [0.2, 0.25) is 30.1 Å². The van der Waals surface area contributed by atoms with E-state index < -0.39 is 0 Å². The van der Waals surface area contributed by atoms with Gasteiger partial charge in [0.25, 0.3) is 0 Å². The zero-order valence-electron chi connectivity index (χ0n) is 13.3. The zero-order valence-corrected chi connectivity index (χ0v) is 17.8. The van der Waals surface area contributed by atoms with Crippen LogP contribution in [0.3, 0.4) is 0 Å². The predicted molar refractivity (Wildman–Crippen MR) is 114 cm³/mol. The summed E-state index contributed by atoms with van der Waals surface area (Å²) >= 11 is 33.0. The summed E-state index contributed by atoms with van der Waals surface area (Å²) in [6.07, 6.45) is 0. The molecule has 144 valence electrons. The molecule has 9 heteroatoms. The van der Waals surface area contributed by atoms with Gasteiger partial charge in [0.15, 0.2) is 0 Å². The van der Waals surface area contributed by atoms with Gasteiger partial charge in [0.1, 0.15) is 22.3 Å². The van der Waals surface area contributed by atoms with Crippen molar-refractivity contribution in [3.63, 3.8) is 0 Å². The van der Waals surface area contributed by atoms with Crippen molar-refractivity contribution >= 4 is 69.6 Å². The van der Waals surface area contributed by atoms with Gasteiger partial charge in [-0.05, 0) is 42.5 Å². The Bertz CT molecular complexity index is 832. The molecule has 0 aliphatic carbocycles. The summed E-state index contributed by atoms with van der Waals surface area (Å²) in [5.41, 5.74) is 0. The summed E-state index contributed by atoms with van der Waals surface area (Å²) in [6.45, 7) is 0. The molecule has 0 aliphatic heterocycles. The molecule has 0 heterocycles. The molecular weight excluding hydrogens is 477 g/mol. The molecule has 0 unspecified atom stereocenters. The molecule has 0 saturated heterocycles. The lowest BCUT2D eigenvalue weighted by atomic mass is 10.3. The first kappa shape index (κ1) is 23.8. The van der Waals surface area contributed by atoms with Crippen LogP contribution in [0.25, 0.3) is 0 Å². The number of phenols is 3. The van der Waals surface area contributed by atoms with Crippen LogP contribution >= 0.6 is 69.6 Å². The lowest BCUT2D eigenvalue weighted by Crippen LogP contribution is -1.67. The SMILES string of the molecule is Oc1cc(Cl)cc(Cl)c1.Oc1cc(Cl)ccc1Cl.Oc1cccc(Cl)c1Cl. The third kappa shape index (κ3) is 9.02. The summed E-state index contributed by atoms with van der Waals surface area (Å²) in [6, 6.07) is 13.7. The number of rotatable bonds is 0. The van der Waals surface area contributed by atoms with E-state index in [9.17, 15) is 0 Å². The van der Waals surface area contributed by atoms with E-state index in [0.29, 0.717) is 25.1 Å². The molecular formula is C18H12Cl6O3. The van der Waals surface area contributed by atoms with Crippen LogP contribution in [0.1, 0.15) is 0 Å². The maximum absolute atomic E-state index is 8.88. The fraction of sp³-hybridized carbons (Fsp3) is 0. The van der Waals surface area contributed by atoms with Crippen molar-refractivity contribution in [2.75, 3.05) is 0 Å². The number of hydrogen-bond acceptors (Lipinski definition) is 3. The fourth-order valence-electron chi connectivity index (χ4n) is 1.52. The van der Waals surface area contributed by atoms with Crippen LogP contribution < -0.4 is 0 Å². The molecule has 0 atom stereocenters. The van der Waals surface area contributed by atoms with Gasteiger partial charge in [-0.25, -0.2) is 0 Å². The summed E-state index contributed by atoms with van der Waals surface area (Å²) in [7, 11) is 0. The Morgan fingerprint density at radius 3 is 1.52 bits per heavy atom. The number of benzene rings is 3. The lowest BCUT2D eigenvalue weighted by molar-refractivity contribution is 0.475. The Kier molecular flexibility index (Phi) is 10.2. The van der Waals surface area contributed by atoms with E-state index >= 15 is 0 Å². The number of aromatic hydroxyl groups is 3. The summed E-state index contributed by atoms with van der Waals surface area (Å²) in [4.78, 5) is 0. The minimum Gasteiger partial charge on any atom is -0.508 e. The Hall–Kier alpha value is -1.20.